The summed E-state index contributed by atoms with van der Waals surface area (Å²) in [6.07, 6.45) is 5.16. The summed E-state index contributed by atoms with van der Waals surface area (Å²) < 4.78 is 27.5. The van der Waals surface area contributed by atoms with E-state index in [1.807, 2.05) is 4.90 Å². The molecule has 3 N–H and O–H groups in total. The zero-order chi connectivity index (χ0) is 24.9. The van der Waals surface area contributed by atoms with Gasteiger partial charge in [-0.15, -0.1) is 5.10 Å². The average Bonchev–Trinajstić information content (AvgIpc) is 3.29. The summed E-state index contributed by atoms with van der Waals surface area (Å²) in [5.74, 6) is 0.341. The third kappa shape index (κ3) is 4.26. The Kier molecular flexibility index (Phi) is 5.98. The molecule has 11 nitrogen and oxygen atoms in total. The lowest BCUT2D eigenvalue weighted by Gasteiger charge is -2.28. The highest BCUT2D eigenvalue weighted by Crippen LogP contribution is 2.36. The van der Waals surface area contributed by atoms with Gasteiger partial charge >= 0.3 is 0 Å². The van der Waals surface area contributed by atoms with Gasteiger partial charge in [-0.3, -0.25) is 4.79 Å². The number of rotatable bonds is 4. The second kappa shape index (κ2) is 8.85. The van der Waals surface area contributed by atoms with Gasteiger partial charge in [-0.2, -0.15) is 5.10 Å². The number of nitrogen functional groups attached to an aromatic ring is 1. The van der Waals surface area contributed by atoms with Crippen molar-refractivity contribution in [2.24, 2.45) is 0 Å². The Morgan fingerprint density at radius 1 is 1.23 bits per heavy atom. The van der Waals surface area contributed by atoms with Crippen LogP contribution in [0.2, 0.25) is 10.0 Å². The van der Waals surface area contributed by atoms with Gasteiger partial charge in [0.25, 0.3) is 5.91 Å². The number of nitrogens with zero attached hydrogens (tertiary/aromatic N) is 6. The quantitative estimate of drug-likeness (QED) is 0.405. The van der Waals surface area contributed by atoms with Gasteiger partial charge in [0, 0.05) is 31.0 Å². The largest absolute Gasteiger partial charge is 0.381 e. The van der Waals surface area contributed by atoms with Crippen LogP contribution in [0.5, 0.6) is 0 Å². The lowest BCUT2D eigenvalue weighted by molar-refractivity contribution is 0.0942. The van der Waals surface area contributed by atoms with E-state index in [-0.39, 0.29) is 29.4 Å². The Labute approximate surface area is 210 Å². The van der Waals surface area contributed by atoms with E-state index in [0.29, 0.717) is 45.6 Å². The Balaban J connectivity index is 1.57. The fourth-order valence-electron chi connectivity index (χ4n) is 4.35. The number of carbonyl (C=O) groups excluding carboxylic acids is 1. The summed E-state index contributed by atoms with van der Waals surface area (Å²) in [4.78, 5) is 19.4. The molecule has 1 aliphatic heterocycles. The van der Waals surface area contributed by atoms with E-state index in [1.54, 1.807) is 36.0 Å². The molecule has 1 saturated heterocycles. The number of sulfone groups is 1. The molecule has 1 fully saturated rings. The molecule has 0 spiro atoms. The number of hydrogen-bond acceptors (Lipinski definition) is 8. The highest BCUT2D eigenvalue weighted by atomic mass is 35.5. The van der Waals surface area contributed by atoms with E-state index in [2.05, 4.69) is 20.5 Å². The van der Waals surface area contributed by atoms with Crippen molar-refractivity contribution in [1.29, 1.82) is 0 Å². The van der Waals surface area contributed by atoms with Crippen molar-refractivity contribution in [2.75, 3.05) is 35.2 Å². The van der Waals surface area contributed by atoms with Gasteiger partial charge in [0.1, 0.15) is 16.9 Å². The molecule has 5 rings (SSSR count). The Morgan fingerprint density at radius 2 is 2.03 bits per heavy atom. The molecule has 0 aromatic carbocycles. The van der Waals surface area contributed by atoms with Crippen LogP contribution >= 0.6 is 23.2 Å². The number of pyridine rings is 1. The van der Waals surface area contributed by atoms with Gasteiger partial charge in [0.2, 0.25) is 0 Å². The number of carbonyl (C=O) groups is 1. The van der Waals surface area contributed by atoms with E-state index in [9.17, 15) is 13.2 Å². The lowest BCUT2D eigenvalue weighted by atomic mass is 10.1. The summed E-state index contributed by atoms with van der Waals surface area (Å²) in [5.41, 5.74) is 7.67. The Morgan fingerprint density at radius 3 is 2.83 bits per heavy atom. The van der Waals surface area contributed by atoms with Gasteiger partial charge < -0.3 is 16.0 Å². The van der Waals surface area contributed by atoms with Crippen LogP contribution in [0.3, 0.4) is 0 Å². The van der Waals surface area contributed by atoms with Crippen molar-refractivity contribution < 1.29 is 13.2 Å². The first-order chi connectivity index (χ1) is 16.7. The minimum absolute atomic E-state index is 0.0108. The zero-order valence-electron chi connectivity index (χ0n) is 18.6. The van der Waals surface area contributed by atoms with E-state index in [0.717, 1.165) is 0 Å². The van der Waals surface area contributed by atoms with Crippen LogP contribution in [0.25, 0.3) is 11.2 Å². The third-order valence-electron chi connectivity index (χ3n) is 6.01. The molecular weight excluding hydrogens is 515 g/mol. The molecule has 4 aromatic rings. The molecule has 0 aliphatic carbocycles. The lowest BCUT2D eigenvalue weighted by Crippen LogP contribution is -2.33. The van der Waals surface area contributed by atoms with Gasteiger partial charge in [0.05, 0.1) is 33.8 Å². The molecule has 184 valence electrons. The predicted octanol–water partition coefficient (Wildman–Crippen LogP) is 2.38. The van der Waals surface area contributed by atoms with E-state index in [4.69, 9.17) is 28.9 Å². The van der Waals surface area contributed by atoms with Crippen molar-refractivity contribution in [2.45, 2.75) is 19.4 Å². The highest BCUT2D eigenvalue weighted by Gasteiger charge is 2.28. The maximum atomic E-state index is 13.3. The van der Waals surface area contributed by atoms with Gasteiger partial charge in [-0.05, 0) is 25.5 Å². The molecule has 1 unspecified atom stereocenters. The van der Waals surface area contributed by atoms with Crippen molar-refractivity contribution >= 4 is 61.7 Å². The topological polar surface area (TPSA) is 140 Å². The van der Waals surface area contributed by atoms with E-state index >= 15 is 0 Å². The van der Waals surface area contributed by atoms with E-state index < -0.39 is 21.8 Å². The van der Waals surface area contributed by atoms with Crippen molar-refractivity contribution in [3.05, 3.63) is 51.9 Å². The molecular formula is C21H22Cl2N8O3S. The SMILES string of the molecule is CC(NC(=O)c1c(N)nn2cccnc12)c1cc(Cl)c2c(Cl)cnn2c1N1CCCS(=O)(=O)CC1. The van der Waals surface area contributed by atoms with Crippen LogP contribution in [-0.4, -0.2) is 63.1 Å². The number of anilines is 2. The van der Waals surface area contributed by atoms with Crippen LogP contribution in [0.15, 0.2) is 30.7 Å². The minimum atomic E-state index is -3.15. The summed E-state index contributed by atoms with van der Waals surface area (Å²) in [6.45, 7) is 2.56. The normalized spacial score (nSPS) is 16.9. The first-order valence-corrected chi connectivity index (χ1v) is 13.4. The first kappa shape index (κ1) is 23.6. The second-order valence-corrected chi connectivity index (χ2v) is 11.5. The summed E-state index contributed by atoms with van der Waals surface area (Å²) in [5, 5.41) is 12.2. The number of fused-ring (bicyclic) bond motifs is 2. The predicted molar refractivity (Wildman–Crippen MR) is 134 cm³/mol. The molecule has 1 aliphatic rings. The minimum Gasteiger partial charge on any atom is -0.381 e. The van der Waals surface area contributed by atoms with Crippen LogP contribution in [-0.2, 0) is 9.84 Å². The number of nitrogens with two attached hydrogens (primary N) is 1. The molecule has 35 heavy (non-hydrogen) atoms. The van der Waals surface area contributed by atoms with Crippen LogP contribution in [0.4, 0.5) is 11.6 Å². The summed E-state index contributed by atoms with van der Waals surface area (Å²) in [6, 6.07) is 2.85. The third-order valence-corrected chi connectivity index (χ3v) is 8.29. The number of aromatic nitrogens is 5. The van der Waals surface area contributed by atoms with E-state index in [1.165, 1.54) is 10.7 Å². The van der Waals surface area contributed by atoms with Gasteiger partial charge in [-0.1, -0.05) is 23.2 Å². The molecule has 14 heteroatoms. The van der Waals surface area contributed by atoms with Crippen LogP contribution < -0.4 is 16.0 Å². The maximum absolute atomic E-state index is 13.3. The smallest absolute Gasteiger partial charge is 0.259 e. The number of amides is 1. The molecule has 1 atom stereocenters. The number of halogens is 2. The molecule has 5 heterocycles. The molecule has 4 aromatic heterocycles. The highest BCUT2D eigenvalue weighted by molar-refractivity contribution is 7.91. The van der Waals surface area contributed by atoms with Gasteiger partial charge in [0.15, 0.2) is 21.3 Å². The fourth-order valence-corrected chi connectivity index (χ4v) is 6.19. The Hall–Kier alpha value is -3.09. The fraction of sp³-hybridized carbons (Fsp3) is 0.333. The van der Waals surface area contributed by atoms with Crippen molar-refractivity contribution in [3.8, 4) is 0 Å². The monoisotopic (exact) mass is 536 g/mol. The van der Waals surface area contributed by atoms with Crippen LogP contribution in [0, 0.1) is 0 Å². The maximum Gasteiger partial charge on any atom is 0.259 e. The molecule has 0 bridgehead atoms. The molecule has 1 amide bonds. The van der Waals surface area contributed by atoms with Crippen molar-refractivity contribution in [1.82, 2.24) is 29.5 Å². The summed E-state index contributed by atoms with van der Waals surface area (Å²) >= 11 is 12.9. The average molecular weight is 537 g/mol. The standard InChI is InChI=1S/C21H22Cl2N8O3S/c1-12(27-20(32)16-18(24)28-30-6-2-4-25-19(16)30)13-10-14(22)17-15(23)11-26-31(17)21(13)29-5-3-8-35(33,34)9-7-29/h2,4,6,10-12H,3,5,7-9H2,1H3,(H2,24,28)(H,27,32). The first-order valence-electron chi connectivity index (χ1n) is 10.9. The number of hydrogen-bond donors (Lipinski definition) is 2. The Bertz CT molecular complexity index is 1570. The second-order valence-electron chi connectivity index (χ2n) is 8.36. The van der Waals surface area contributed by atoms with Gasteiger partial charge in [-0.25, -0.2) is 22.4 Å². The molecule has 0 saturated carbocycles. The van der Waals surface area contributed by atoms with Crippen molar-refractivity contribution in [3.63, 3.8) is 0 Å². The summed E-state index contributed by atoms with van der Waals surface area (Å²) in [7, 11) is -3.15. The molecule has 0 radical (unpaired) electrons. The van der Waals surface area contributed by atoms with Crippen LogP contribution in [0.1, 0.15) is 35.3 Å². The number of nitrogens with one attached hydrogen (secondary N) is 1. The zero-order valence-corrected chi connectivity index (χ0v) is 21.0.